The lowest BCUT2D eigenvalue weighted by Gasteiger charge is -2.05. The third-order valence-corrected chi connectivity index (χ3v) is 1.40. The van der Waals surface area contributed by atoms with E-state index in [1.54, 1.807) is 0 Å². The van der Waals surface area contributed by atoms with E-state index in [1.165, 1.54) is 12.8 Å². The molecule has 0 amide bonds. The molecule has 0 bridgehead atoms. The van der Waals surface area contributed by atoms with Crippen molar-refractivity contribution in [1.29, 1.82) is 0 Å². The van der Waals surface area contributed by atoms with E-state index in [2.05, 4.69) is 13.5 Å². The van der Waals surface area contributed by atoms with Gasteiger partial charge in [-0.15, -0.1) is 6.58 Å². The first-order valence-corrected chi connectivity index (χ1v) is 3.67. The topological polar surface area (TPSA) is 26.0 Å². The second-order valence-electron chi connectivity index (χ2n) is 2.43. The van der Waals surface area contributed by atoms with Crippen LogP contribution in [0.1, 0.15) is 32.6 Å². The summed E-state index contributed by atoms with van der Waals surface area (Å²) in [5.41, 5.74) is 5.70. The largest absolute Gasteiger partial charge is 0.327 e. The van der Waals surface area contributed by atoms with Crippen LogP contribution in [-0.4, -0.2) is 6.04 Å². The van der Waals surface area contributed by atoms with E-state index in [-0.39, 0.29) is 0 Å². The average Bonchev–Trinajstić information content (AvgIpc) is 1.85. The molecule has 0 aliphatic carbocycles. The van der Waals surface area contributed by atoms with Crippen LogP contribution in [0.2, 0.25) is 0 Å². The smallest absolute Gasteiger partial charge is 0.00733 e. The first-order valence-electron chi connectivity index (χ1n) is 3.67. The van der Waals surface area contributed by atoms with Crippen LogP contribution >= 0.6 is 0 Å². The molecule has 1 heteroatoms. The third-order valence-electron chi connectivity index (χ3n) is 1.40. The summed E-state index contributed by atoms with van der Waals surface area (Å²) in [6.07, 6.45) is 6.47. The third kappa shape index (κ3) is 5.57. The molecule has 1 atom stereocenters. The van der Waals surface area contributed by atoms with Gasteiger partial charge < -0.3 is 5.73 Å². The Morgan fingerprint density at radius 3 is 2.78 bits per heavy atom. The predicted molar refractivity (Wildman–Crippen MR) is 42.3 cm³/mol. The van der Waals surface area contributed by atoms with Crippen molar-refractivity contribution in [3.05, 3.63) is 12.7 Å². The molecular weight excluding hydrogens is 110 g/mol. The van der Waals surface area contributed by atoms with Gasteiger partial charge in [0.15, 0.2) is 0 Å². The van der Waals surface area contributed by atoms with Crippen molar-refractivity contribution in [2.75, 3.05) is 0 Å². The van der Waals surface area contributed by atoms with Crippen LogP contribution in [0.4, 0.5) is 0 Å². The fourth-order valence-corrected chi connectivity index (χ4v) is 0.798. The summed E-state index contributed by atoms with van der Waals surface area (Å²) in [5.74, 6) is 0. The van der Waals surface area contributed by atoms with Crippen molar-refractivity contribution in [2.24, 2.45) is 5.73 Å². The van der Waals surface area contributed by atoms with Gasteiger partial charge in [0.25, 0.3) is 0 Å². The minimum Gasteiger partial charge on any atom is -0.327 e. The summed E-state index contributed by atoms with van der Waals surface area (Å²) in [6, 6.07) is 0.349. The second kappa shape index (κ2) is 5.83. The lowest BCUT2D eigenvalue weighted by atomic mass is 10.1. The number of unbranched alkanes of at least 4 members (excludes halogenated alkanes) is 1. The molecule has 0 radical (unpaired) electrons. The summed E-state index contributed by atoms with van der Waals surface area (Å²) in [7, 11) is 0. The second-order valence-corrected chi connectivity index (χ2v) is 2.43. The molecule has 0 aromatic rings. The Kier molecular flexibility index (Phi) is 5.64. The molecule has 0 heterocycles. The lowest BCUT2D eigenvalue weighted by Crippen LogP contribution is -2.18. The zero-order valence-corrected chi connectivity index (χ0v) is 6.27. The fraction of sp³-hybridized carbons (Fsp3) is 0.750. The monoisotopic (exact) mass is 127 g/mol. The summed E-state index contributed by atoms with van der Waals surface area (Å²) in [4.78, 5) is 0. The highest BCUT2D eigenvalue weighted by atomic mass is 14.6. The Hall–Kier alpha value is -0.300. The minimum absolute atomic E-state index is 0.349. The maximum Gasteiger partial charge on any atom is 0.00733 e. The molecule has 0 aromatic carbocycles. The molecule has 0 aliphatic rings. The molecule has 0 spiro atoms. The van der Waals surface area contributed by atoms with Gasteiger partial charge in [0.2, 0.25) is 0 Å². The zero-order valence-electron chi connectivity index (χ0n) is 6.27. The maximum atomic E-state index is 5.70. The number of hydrogen-bond acceptors (Lipinski definition) is 1. The van der Waals surface area contributed by atoms with Gasteiger partial charge >= 0.3 is 0 Å². The SMILES string of the molecule is C=CC[C@@H](N)CCCC. The highest BCUT2D eigenvalue weighted by Gasteiger charge is 1.96. The van der Waals surface area contributed by atoms with Gasteiger partial charge in [-0.25, -0.2) is 0 Å². The summed E-state index contributed by atoms with van der Waals surface area (Å²) < 4.78 is 0. The molecule has 0 aromatic heterocycles. The number of rotatable bonds is 5. The number of hydrogen-bond donors (Lipinski definition) is 1. The molecule has 0 aliphatic heterocycles. The molecule has 0 unspecified atom stereocenters. The van der Waals surface area contributed by atoms with Gasteiger partial charge in [0.1, 0.15) is 0 Å². The molecule has 0 fully saturated rings. The van der Waals surface area contributed by atoms with Crippen LogP contribution in [-0.2, 0) is 0 Å². The van der Waals surface area contributed by atoms with Crippen molar-refractivity contribution in [3.63, 3.8) is 0 Å². The molecule has 0 saturated carbocycles. The molecule has 0 saturated heterocycles. The summed E-state index contributed by atoms with van der Waals surface area (Å²) in [6.45, 7) is 5.81. The van der Waals surface area contributed by atoms with E-state index in [1.807, 2.05) is 6.08 Å². The van der Waals surface area contributed by atoms with Crippen molar-refractivity contribution in [2.45, 2.75) is 38.6 Å². The first kappa shape index (κ1) is 8.70. The quantitative estimate of drug-likeness (QED) is 0.562. The van der Waals surface area contributed by atoms with E-state index < -0.39 is 0 Å². The Labute approximate surface area is 57.9 Å². The highest BCUT2D eigenvalue weighted by Crippen LogP contribution is 2.01. The zero-order chi connectivity index (χ0) is 7.11. The summed E-state index contributed by atoms with van der Waals surface area (Å²) >= 11 is 0. The Morgan fingerprint density at radius 1 is 1.67 bits per heavy atom. The van der Waals surface area contributed by atoms with Crippen molar-refractivity contribution in [3.8, 4) is 0 Å². The molecule has 1 nitrogen and oxygen atoms in total. The van der Waals surface area contributed by atoms with Gasteiger partial charge in [-0.3, -0.25) is 0 Å². The normalized spacial score (nSPS) is 13.1. The number of nitrogens with two attached hydrogens (primary N) is 1. The Morgan fingerprint density at radius 2 is 2.33 bits per heavy atom. The van der Waals surface area contributed by atoms with Crippen molar-refractivity contribution < 1.29 is 0 Å². The van der Waals surface area contributed by atoms with Gasteiger partial charge in [-0.2, -0.15) is 0 Å². The van der Waals surface area contributed by atoms with Crippen LogP contribution in [0.3, 0.4) is 0 Å². The van der Waals surface area contributed by atoms with Crippen LogP contribution in [0.5, 0.6) is 0 Å². The molecule has 2 N–H and O–H groups in total. The molecule has 9 heavy (non-hydrogen) atoms. The lowest BCUT2D eigenvalue weighted by molar-refractivity contribution is 0.582. The standard InChI is InChI=1S/C8H17N/c1-3-5-7-8(9)6-4-2/h4,8H,2-3,5-7,9H2,1H3/t8-/m1/s1. The van der Waals surface area contributed by atoms with Gasteiger partial charge in [0, 0.05) is 6.04 Å². The van der Waals surface area contributed by atoms with E-state index in [9.17, 15) is 0 Å². The van der Waals surface area contributed by atoms with Crippen LogP contribution in [0.15, 0.2) is 12.7 Å². The van der Waals surface area contributed by atoms with Crippen LogP contribution in [0, 0.1) is 0 Å². The Bertz CT molecular complexity index is 69.0. The first-order chi connectivity index (χ1) is 4.31. The van der Waals surface area contributed by atoms with Crippen molar-refractivity contribution in [1.82, 2.24) is 0 Å². The van der Waals surface area contributed by atoms with Crippen LogP contribution < -0.4 is 5.73 Å². The minimum atomic E-state index is 0.349. The summed E-state index contributed by atoms with van der Waals surface area (Å²) in [5, 5.41) is 0. The van der Waals surface area contributed by atoms with Gasteiger partial charge in [0.05, 0.1) is 0 Å². The Balaban J connectivity index is 3.04. The average molecular weight is 127 g/mol. The van der Waals surface area contributed by atoms with E-state index in [4.69, 9.17) is 5.73 Å². The molecule has 0 rings (SSSR count). The van der Waals surface area contributed by atoms with Gasteiger partial charge in [-0.05, 0) is 12.8 Å². The maximum absolute atomic E-state index is 5.70. The van der Waals surface area contributed by atoms with Crippen LogP contribution in [0.25, 0.3) is 0 Å². The fourth-order valence-electron chi connectivity index (χ4n) is 0.798. The van der Waals surface area contributed by atoms with Gasteiger partial charge in [-0.1, -0.05) is 25.8 Å². The predicted octanol–water partition coefficient (Wildman–Crippen LogP) is 2.08. The van der Waals surface area contributed by atoms with E-state index >= 15 is 0 Å². The highest BCUT2D eigenvalue weighted by molar-refractivity contribution is 4.74. The van der Waals surface area contributed by atoms with E-state index in [0.717, 1.165) is 12.8 Å². The molecule has 54 valence electrons. The van der Waals surface area contributed by atoms with Crippen molar-refractivity contribution >= 4 is 0 Å². The van der Waals surface area contributed by atoms with E-state index in [0.29, 0.717) is 6.04 Å². The molecular formula is C8H17N.